The molecule has 116 valence electrons. The molecule has 0 saturated heterocycles. The van der Waals surface area contributed by atoms with Crippen LogP contribution in [0.4, 0.5) is 0 Å². The molecule has 5 heteroatoms. The number of pyridine rings is 1. The summed E-state index contributed by atoms with van der Waals surface area (Å²) in [5.41, 5.74) is 1.17. The molecule has 2 aromatic rings. The molecule has 3 rings (SSSR count). The van der Waals surface area contributed by atoms with E-state index in [4.69, 9.17) is 4.42 Å². The van der Waals surface area contributed by atoms with E-state index in [9.17, 15) is 10.0 Å². The van der Waals surface area contributed by atoms with Gasteiger partial charge in [0.1, 0.15) is 11.5 Å². The lowest BCUT2D eigenvalue weighted by atomic mass is 9.74. The summed E-state index contributed by atoms with van der Waals surface area (Å²) in [7, 11) is 0. The summed E-state index contributed by atoms with van der Waals surface area (Å²) in [6, 6.07) is 6.65. The highest BCUT2D eigenvalue weighted by molar-refractivity contribution is 5.91. The summed E-state index contributed by atoms with van der Waals surface area (Å²) in [5, 5.41) is 14.7. The summed E-state index contributed by atoms with van der Waals surface area (Å²) in [5.74, 6) is 1.42. The van der Waals surface area contributed by atoms with Crippen molar-refractivity contribution in [2.24, 2.45) is 5.41 Å². The van der Waals surface area contributed by atoms with E-state index >= 15 is 0 Å². The van der Waals surface area contributed by atoms with E-state index in [0.29, 0.717) is 4.73 Å². The lowest BCUT2D eigenvalue weighted by molar-refractivity contribution is -0.607. The van der Waals surface area contributed by atoms with Crippen molar-refractivity contribution in [1.82, 2.24) is 5.32 Å². The second-order valence-corrected chi connectivity index (χ2v) is 6.72. The number of carbonyl (C=O) groups is 1. The first-order chi connectivity index (χ1) is 10.4. The average Bonchev–Trinajstić information content (AvgIpc) is 2.78. The number of hydrogen-bond acceptors (Lipinski definition) is 3. The normalized spacial score (nSPS) is 19.5. The number of nitrogens with zero attached hydrogens (tertiary/aromatic N) is 1. The fraction of sp³-hybridized carbons (Fsp3) is 0.412. The summed E-state index contributed by atoms with van der Waals surface area (Å²) in [4.78, 5) is 12.4. The monoisotopic (exact) mass is 300 g/mol. The molecule has 2 heterocycles. The summed E-state index contributed by atoms with van der Waals surface area (Å²) >= 11 is 0. The first kappa shape index (κ1) is 14.6. The zero-order valence-corrected chi connectivity index (χ0v) is 13.1. The molecule has 1 aliphatic carbocycles. The quantitative estimate of drug-likeness (QED) is 0.685. The van der Waals surface area contributed by atoms with Gasteiger partial charge in [-0.1, -0.05) is 13.8 Å². The Morgan fingerprint density at radius 2 is 2.23 bits per heavy atom. The largest absolute Gasteiger partial charge is 0.618 e. The van der Waals surface area contributed by atoms with Gasteiger partial charge in [0.05, 0.1) is 6.04 Å². The second kappa shape index (κ2) is 5.16. The van der Waals surface area contributed by atoms with Crippen LogP contribution in [-0.2, 0) is 6.42 Å². The lowest BCUT2D eigenvalue weighted by Gasteiger charge is -2.34. The van der Waals surface area contributed by atoms with E-state index in [-0.39, 0.29) is 23.1 Å². The number of amides is 1. The predicted octanol–water partition coefficient (Wildman–Crippen LogP) is 2.66. The number of hydrogen-bond donors (Lipinski definition) is 1. The Hall–Kier alpha value is -2.30. The Morgan fingerprint density at radius 3 is 2.95 bits per heavy atom. The predicted molar refractivity (Wildman–Crippen MR) is 81.2 cm³/mol. The van der Waals surface area contributed by atoms with E-state index in [2.05, 4.69) is 19.2 Å². The molecular formula is C17H20N2O3. The molecule has 2 aromatic heterocycles. The van der Waals surface area contributed by atoms with Crippen LogP contribution in [0.25, 0.3) is 0 Å². The van der Waals surface area contributed by atoms with Gasteiger partial charge in [0, 0.05) is 24.1 Å². The van der Waals surface area contributed by atoms with Crippen LogP contribution in [0.3, 0.4) is 0 Å². The number of aryl methyl sites for hydroxylation is 1. The van der Waals surface area contributed by atoms with Gasteiger partial charge in [-0.15, -0.1) is 0 Å². The number of fused-ring (bicyclic) bond motifs is 1. The Bertz CT molecular complexity index is 718. The number of rotatable bonds is 2. The van der Waals surface area contributed by atoms with E-state index in [1.54, 1.807) is 12.1 Å². The van der Waals surface area contributed by atoms with Crippen LogP contribution in [0.15, 0.2) is 34.9 Å². The van der Waals surface area contributed by atoms with E-state index in [1.165, 1.54) is 12.3 Å². The highest BCUT2D eigenvalue weighted by atomic mass is 16.5. The molecule has 0 aliphatic heterocycles. The summed E-state index contributed by atoms with van der Waals surface area (Å²) < 4.78 is 6.35. The minimum absolute atomic E-state index is 0.0410. The van der Waals surface area contributed by atoms with Crippen LogP contribution in [0, 0.1) is 17.5 Å². The first-order valence-corrected chi connectivity index (χ1v) is 7.44. The van der Waals surface area contributed by atoms with Crippen LogP contribution >= 0.6 is 0 Å². The van der Waals surface area contributed by atoms with Crippen molar-refractivity contribution in [2.75, 3.05) is 0 Å². The molecule has 0 fully saturated rings. The fourth-order valence-electron chi connectivity index (χ4n) is 3.15. The molecule has 0 bridgehead atoms. The molecule has 0 radical (unpaired) electrons. The third-order valence-electron chi connectivity index (χ3n) is 4.10. The van der Waals surface area contributed by atoms with Gasteiger partial charge in [0.25, 0.3) is 5.69 Å². The number of carbonyl (C=O) groups excluding carboxylic acids is 1. The average molecular weight is 300 g/mol. The van der Waals surface area contributed by atoms with Gasteiger partial charge in [-0.2, -0.15) is 4.73 Å². The van der Waals surface area contributed by atoms with E-state index in [0.717, 1.165) is 29.9 Å². The van der Waals surface area contributed by atoms with E-state index < -0.39 is 0 Å². The molecule has 1 unspecified atom stereocenters. The van der Waals surface area contributed by atoms with Gasteiger partial charge in [0.15, 0.2) is 6.20 Å². The smallest absolute Gasteiger partial charge is 0.317 e. The highest BCUT2D eigenvalue weighted by Crippen LogP contribution is 2.42. The molecule has 22 heavy (non-hydrogen) atoms. The van der Waals surface area contributed by atoms with Crippen molar-refractivity contribution >= 4 is 5.91 Å². The second-order valence-electron chi connectivity index (χ2n) is 6.72. The number of furan rings is 1. The van der Waals surface area contributed by atoms with Crippen molar-refractivity contribution in [3.8, 4) is 0 Å². The molecule has 1 atom stereocenters. The maximum Gasteiger partial charge on any atom is 0.317 e. The number of aromatic nitrogens is 1. The Morgan fingerprint density at radius 1 is 1.45 bits per heavy atom. The van der Waals surface area contributed by atoms with Crippen LogP contribution in [0.5, 0.6) is 0 Å². The van der Waals surface area contributed by atoms with Gasteiger partial charge in [0.2, 0.25) is 0 Å². The van der Waals surface area contributed by atoms with Crippen LogP contribution in [-0.4, -0.2) is 5.91 Å². The minimum atomic E-state index is -0.358. The van der Waals surface area contributed by atoms with Crippen molar-refractivity contribution in [3.05, 3.63) is 58.4 Å². The van der Waals surface area contributed by atoms with Crippen molar-refractivity contribution in [2.45, 2.75) is 39.7 Å². The Labute approximate surface area is 129 Å². The third-order valence-corrected chi connectivity index (χ3v) is 4.10. The lowest BCUT2D eigenvalue weighted by Crippen LogP contribution is -2.42. The highest BCUT2D eigenvalue weighted by Gasteiger charge is 2.36. The molecule has 0 saturated carbocycles. The molecule has 5 nitrogen and oxygen atoms in total. The van der Waals surface area contributed by atoms with Crippen molar-refractivity contribution in [1.29, 1.82) is 0 Å². The summed E-state index contributed by atoms with van der Waals surface area (Å²) in [6.45, 7) is 6.22. The van der Waals surface area contributed by atoms with Gasteiger partial charge in [-0.05, 0) is 30.9 Å². The molecular weight excluding hydrogens is 280 g/mol. The first-order valence-electron chi connectivity index (χ1n) is 7.44. The van der Waals surface area contributed by atoms with Gasteiger partial charge in [-0.3, -0.25) is 4.79 Å². The molecule has 1 N–H and O–H groups in total. The maximum atomic E-state index is 12.4. The molecule has 0 aromatic carbocycles. The van der Waals surface area contributed by atoms with Crippen molar-refractivity contribution < 1.29 is 13.9 Å². The van der Waals surface area contributed by atoms with Gasteiger partial charge in [-0.25, -0.2) is 0 Å². The molecule has 1 aliphatic rings. The topological polar surface area (TPSA) is 69.2 Å². The standard InChI is InChI=1S/C17H20N2O3/c1-11-8-12-13(9-17(2,3)10-15(12)22-11)18-16(20)14-6-4-5-7-19(14)21/h4-8,13H,9-10H2,1-3H3,(H,18,20). The Balaban J connectivity index is 1.89. The maximum absolute atomic E-state index is 12.4. The Kier molecular flexibility index (Phi) is 3.43. The fourth-order valence-corrected chi connectivity index (χ4v) is 3.15. The van der Waals surface area contributed by atoms with Crippen molar-refractivity contribution in [3.63, 3.8) is 0 Å². The van der Waals surface area contributed by atoms with Crippen LogP contribution in [0.1, 0.15) is 53.9 Å². The van der Waals surface area contributed by atoms with Crippen LogP contribution in [0.2, 0.25) is 0 Å². The van der Waals surface area contributed by atoms with Crippen LogP contribution < -0.4 is 10.0 Å². The molecule has 1 amide bonds. The SMILES string of the molecule is Cc1cc2c(o1)CC(C)(C)CC2NC(=O)c1cccc[n+]1[O-]. The minimum Gasteiger partial charge on any atom is -0.618 e. The summed E-state index contributed by atoms with van der Waals surface area (Å²) in [6.07, 6.45) is 3.00. The zero-order valence-electron chi connectivity index (χ0n) is 13.1. The third kappa shape index (κ3) is 2.71. The number of nitrogens with one attached hydrogen (secondary N) is 1. The molecule has 0 spiro atoms. The zero-order chi connectivity index (χ0) is 15.9. The van der Waals surface area contributed by atoms with E-state index in [1.807, 2.05) is 13.0 Å². The van der Waals surface area contributed by atoms with Gasteiger partial charge >= 0.3 is 5.91 Å². The van der Waals surface area contributed by atoms with Gasteiger partial charge < -0.3 is 14.9 Å².